The summed E-state index contributed by atoms with van der Waals surface area (Å²) in [6.07, 6.45) is 6.94. The van der Waals surface area contributed by atoms with Crippen LogP contribution in [-0.4, -0.2) is 41.8 Å². The quantitative estimate of drug-likeness (QED) is 0.282. The van der Waals surface area contributed by atoms with Crippen LogP contribution < -0.4 is 5.32 Å². The molecule has 0 amide bonds. The summed E-state index contributed by atoms with van der Waals surface area (Å²) < 4.78 is 45.6. The maximum absolute atomic E-state index is 13.2. The molecule has 0 unspecified atom stereocenters. The Morgan fingerprint density at radius 1 is 1.10 bits per heavy atom. The van der Waals surface area contributed by atoms with Gasteiger partial charge in [0.25, 0.3) is 0 Å². The van der Waals surface area contributed by atoms with Crippen molar-refractivity contribution >= 4 is 33.3 Å². The molecule has 0 bridgehead atoms. The molecule has 1 aliphatic heterocycles. The monoisotopic (exact) mass is 569 g/mol. The summed E-state index contributed by atoms with van der Waals surface area (Å²) in [5.74, 6) is 0.614. The van der Waals surface area contributed by atoms with Crippen molar-refractivity contribution in [2.24, 2.45) is 5.92 Å². The number of alkyl halides is 3. The van der Waals surface area contributed by atoms with E-state index in [0.717, 1.165) is 73.5 Å². The molecule has 3 aliphatic rings. The molecule has 8 heteroatoms. The van der Waals surface area contributed by atoms with E-state index in [-0.39, 0.29) is 6.04 Å². The topological polar surface area (TPSA) is 37.4 Å². The minimum absolute atomic E-state index is 0.256. The highest BCUT2D eigenvalue weighted by atomic mass is 32.1. The van der Waals surface area contributed by atoms with E-state index in [9.17, 15) is 13.2 Å². The van der Waals surface area contributed by atoms with Gasteiger partial charge >= 0.3 is 6.18 Å². The van der Waals surface area contributed by atoms with Crippen molar-refractivity contribution in [3.63, 3.8) is 0 Å². The Morgan fingerprint density at radius 2 is 1.90 bits per heavy atom. The third-order valence-electron chi connectivity index (χ3n) is 8.58. The summed E-state index contributed by atoms with van der Waals surface area (Å²) in [6, 6.07) is 8.80. The van der Waals surface area contributed by atoms with Crippen molar-refractivity contribution < 1.29 is 17.9 Å². The number of hydrogen-bond acceptors (Lipinski definition) is 5. The molecule has 0 spiro atoms. The Hall–Kier alpha value is -2.42. The van der Waals surface area contributed by atoms with Gasteiger partial charge in [0.2, 0.25) is 0 Å². The number of hydrogen-bond donors (Lipinski definition) is 1. The van der Waals surface area contributed by atoms with Crippen molar-refractivity contribution in [2.45, 2.75) is 83.7 Å². The molecular weight excluding hydrogens is 531 g/mol. The molecule has 1 saturated heterocycles. The van der Waals surface area contributed by atoms with Gasteiger partial charge in [-0.25, -0.2) is 4.98 Å². The van der Waals surface area contributed by atoms with Gasteiger partial charge in [-0.15, -0.1) is 11.3 Å². The van der Waals surface area contributed by atoms with Crippen LogP contribution in [0.15, 0.2) is 36.0 Å². The molecule has 0 radical (unpaired) electrons. The molecule has 3 heterocycles. The predicted octanol–water partition coefficient (Wildman–Crippen LogP) is 8.14. The Morgan fingerprint density at radius 3 is 2.67 bits per heavy atom. The standard InChI is InChI=1S/C32H38F3N3OS/c1-21-12-24-7-6-23(14-25(24)13-21)18-38-10-8-27(9-11-38)37-30-26(20-39-19-22-4-2-3-5-22)17-36-31-29(30)15-28(40-31)16-32(33,34)35/h6-7,13-15,17,22,27H,2-5,8-12,16,18-20H2,1H3,(H,36,37). The molecule has 214 valence electrons. The zero-order valence-corrected chi connectivity index (χ0v) is 24.0. The molecule has 4 nitrogen and oxygen atoms in total. The first kappa shape index (κ1) is 27.7. The predicted molar refractivity (Wildman–Crippen MR) is 157 cm³/mol. The van der Waals surface area contributed by atoms with Crippen molar-refractivity contribution in [3.05, 3.63) is 63.2 Å². The lowest BCUT2D eigenvalue weighted by Crippen LogP contribution is -2.38. The minimum Gasteiger partial charge on any atom is -0.381 e. The van der Waals surface area contributed by atoms with Crippen LogP contribution in [0.5, 0.6) is 0 Å². The Kier molecular flexibility index (Phi) is 8.20. The number of halogens is 3. The summed E-state index contributed by atoms with van der Waals surface area (Å²) in [4.78, 5) is 8.00. The van der Waals surface area contributed by atoms with Gasteiger partial charge in [-0.05, 0) is 67.7 Å². The van der Waals surface area contributed by atoms with E-state index in [0.29, 0.717) is 22.2 Å². The van der Waals surface area contributed by atoms with Gasteiger partial charge < -0.3 is 10.1 Å². The van der Waals surface area contributed by atoms with Gasteiger partial charge in [0.1, 0.15) is 4.83 Å². The van der Waals surface area contributed by atoms with Gasteiger partial charge in [0, 0.05) is 54.3 Å². The fourth-order valence-electron chi connectivity index (χ4n) is 6.51. The van der Waals surface area contributed by atoms with Crippen LogP contribution in [0.25, 0.3) is 16.3 Å². The van der Waals surface area contributed by atoms with Crippen LogP contribution in [0, 0.1) is 5.92 Å². The number of piperidine rings is 1. The molecule has 2 aliphatic carbocycles. The normalized spacial score (nSPS) is 18.9. The largest absolute Gasteiger partial charge is 0.393 e. The lowest BCUT2D eigenvalue weighted by atomic mass is 10.0. The maximum Gasteiger partial charge on any atom is 0.393 e. The number of rotatable bonds is 9. The zero-order chi connectivity index (χ0) is 27.7. The molecule has 0 atom stereocenters. The zero-order valence-electron chi connectivity index (χ0n) is 23.2. The van der Waals surface area contributed by atoms with Crippen LogP contribution in [0.4, 0.5) is 18.9 Å². The van der Waals surface area contributed by atoms with E-state index < -0.39 is 12.6 Å². The van der Waals surface area contributed by atoms with Gasteiger partial charge in [0.05, 0.1) is 18.7 Å². The van der Waals surface area contributed by atoms with Crippen LogP contribution in [0.2, 0.25) is 0 Å². The lowest BCUT2D eigenvalue weighted by molar-refractivity contribution is -0.126. The third-order valence-corrected chi connectivity index (χ3v) is 9.62. The molecule has 2 aromatic heterocycles. The number of ether oxygens (including phenoxy) is 1. The van der Waals surface area contributed by atoms with E-state index in [1.165, 1.54) is 47.9 Å². The molecule has 40 heavy (non-hydrogen) atoms. The van der Waals surface area contributed by atoms with Crippen molar-refractivity contribution in [1.82, 2.24) is 9.88 Å². The number of thiophene rings is 1. The highest BCUT2D eigenvalue weighted by molar-refractivity contribution is 7.18. The Balaban J connectivity index is 1.13. The first-order valence-electron chi connectivity index (χ1n) is 14.6. The fraction of sp³-hybridized carbons (Fsp3) is 0.531. The first-order valence-corrected chi connectivity index (χ1v) is 15.4. The highest BCUT2D eigenvalue weighted by Gasteiger charge is 2.30. The van der Waals surface area contributed by atoms with Gasteiger partial charge in [-0.1, -0.05) is 42.7 Å². The van der Waals surface area contributed by atoms with Crippen LogP contribution in [0.3, 0.4) is 0 Å². The average Bonchev–Trinajstić information content (AvgIpc) is 3.64. The number of likely N-dealkylation sites (tertiary alicyclic amines) is 1. The van der Waals surface area contributed by atoms with Gasteiger partial charge in [-0.3, -0.25) is 4.90 Å². The van der Waals surface area contributed by atoms with Crippen molar-refractivity contribution in [1.29, 1.82) is 0 Å². The number of anilines is 1. The van der Waals surface area contributed by atoms with Crippen molar-refractivity contribution in [3.8, 4) is 0 Å². The van der Waals surface area contributed by atoms with E-state index in [2.05, 4.69) is 46.4 Å². The number of allylic oxidation sites excluding steroid dienone is 1. The fourth-order valence-corrected chi connectivity index (χ4v) is 7.55. The summed E-state index contributed by atoms with van der Waals surface area (Å²) in [7, 11) is 0. The SMILES string of the molecule is CC1=Cc2cc(CN3CCC(Nc4c(COCC5CCCC5)cnc5sc(CC(F)(F)F)cc45)CC3)ccc2C1. The van der Waals surface area contributed by atoms with E-state index in [1.54, 1.807) is 12.3 Å². The minimum atomic E-state index is -4.23. The molecule has 1 N–H and O–H groups in total. The van der Waals surface area contributed by atoms with Crippen molar-refractivity contribution in [2.75, 3.05) is 25.0 Å². The van der Waals surface area contributed by atoms with Gasteiger partial charge in [-0.2, -0.15) is 13.2 Å². The second-order valence-electron chi connectivity index (χ2n) is 11.9. The first-order chi connectivity index (χ1) is 19.3. The smallest absolute Gasteiger partial charge is 0.381 e. The summed E-state index contributed by atoms with van der Waals surface area (Å²) >= 11 is 1.14. The molecule has 1 saturated carbocycles. The average molecular weight is 570 g/mol. The molecule has 6 rings (SSSR count). The van der Waals surface area contributed by atoms with E-state index in [4.69, 9.17) is 4.74 Å². The van der Waals surface area contributed by atoms with Gasteiger partial charge in [0.15, 0.2) is 0 Å². The second kappa shape index (κ2) is 11.8. The number of fused-ring (bicyclic) bond motifs is 2. The van der Waals surface area contributed by atoms with E-state index >= 15 is 0 Å². The number of pyridine rings is 1. The summed E-state index contributed by atoms with van der Waals surface area (Å²) in [5.41, 5.74) is 7.39. The molecule has 2 fully saturated rings. The Bertz CT molecular complexity index is 1370. The van der Waals surface area contributed by atoms with Crippen LogP contribution >= 0.6 is 11.3 Å². The number of benzene rings is 1. The lowest BCUT2D eigenvalue weighted by Gasteiger charge is -2.33. The summed E-state index contributed by atoms with van der Waals surface area (Å²) in [6.45, 7) is 6.25. The molecule has 3 aromatic rings. The number of aromatic nitrogens is 1. The van der Waals surface area contributed by atoms with Crippen LogP contribution in [-0.2, 0) is 30.7 Å². The van der Waals surface area contributed by atoms with E-state index in [1.807, 2.05) is 0 Å². The second-order valence-corrected chi connectivity index (χ2v) is 13.1. The highest BCUT2D eigenvalue weighted by Crippen LogP contribution is 2.37. The number of nitrogens with zero attached hydrogens (tertiary/aromatic N) is 2. The Labute approximate surface area is 238 Å². The maximum atomic E-state index is 13.2. The number of nitrogens with one attached hydrogen (secondary N) is 1. The third kappa shape index (κ3) is 6.72. The molecule has 1 aromatic carbocycles. The van der Waals surface area contributed by atoms with Crippen LogP contribution in [0.1, 0.15) is 72.6 Å². The summed E-state index contributed by atoms with van der Waals surface area (Å²) in [5, 5.41) is 4.53. The molecular formula is C32H38F3N3OS.